The zero-order valence-corrected chi connectivity index (χ0v) is 12.4. The predicted octanol–water partition coefficient (Wildman–Crippen LogP) is 5.32. The van der Waals surface area contributed by atoms with E-state index in [1.54, 1.807) is 0 Å². The van der Waals surface area contributed by atoms with Crippen molar-refractivity contribution in [3.63, 3.8) is 0 Å². The van der Waals surface area contributed by atoms with Gasteiger partial charge in [0.25, 0.3) is 0 Å². The van der Waals surface area contributed by atoms with E-state index < -0.39 is 0 Å². The first kappa shape index (κ1) is 12.3. The largest absolute Gasteiger partial charge is 0.0925 e. The van der Waals surface area contributed by atoms with Crippen LogP contribution in [0.4, 0.5) is 0 Å². The second-order valence-corrected chi connectivity index (χ2v) is 7.04. The molecule has 17 heavy (non-hydrogen) atoms. The molecule has 2 fully saturated rings. The quantitative estimate of drug-likeness (QED) is 0.478. The van der Waals surface area contributed by atoms with Crippen molar-refractivity contribution in [3.05, 3.63) is 11.6 Å². The molecule has 0 bridgehead atoms. The molecule has 3 aliphatic carbocycles. The number of fused-ring (bicyclic) bond motifs is 1. The van der Waals surface area contributed by atoms with Crippen LogP contribution in [0.2, 0.25) is 0 Å². The minimum absolute atomic E-state index is 0.940. The minimum atomic E-state index is 0.940. The van der Waals surface area contributed by atoms with Gasteiger partial charge in [-0.15, -0.1) is 0 Å². The van der Waals surface area contributed by atoms with Gasteiger partial charge in [0.15, 0.2) is 0 Å². The fourth-order valence-electron chi connectivity index (χ4n) is 4.62. The standard InChI is InChI=1S/C16H25Br/c17-11-13-6-2-4-8-15(13)16-10-9-12-5-1-3-7-14(12)16/h10,12-15H,1-9,11H2. The van der Waals surface area contributed by atoms with Crippen molar-refractivity contribution in [1.29, 1.82) is 0 Å². The summed E-state index contributed by atoms with van der Waals surface area (Å²) in [6.45, 7) is 0. The summed E-state index contributed by atoms with van der Waals surface area (Å²) in [5.41, 5.74) is 1.90. The first-order chi connectivity index (χ1) is 8.40. The summed E-state index contributed by atoms with van der Waals surface area (Å²) in [6.07, 6.45) is 15.9. The van der Waals surface area contributed by atoms with E-state index in [-0.39, 0.29) is 0 Å². The third-order valence-corrected chi connectivity index (χ3v) is 6.36. The van der Waals surface area contributed by atoms with Crippen LogP contribution in [0.15, 0.2) is 11.6 Å². The van der Waals surface area contributed by atoms with Gasteiger partial charge in [0.1, 0.15) is 0 Å². The first-order valence-corrected chi connectivity index (χ1v) is 8.78. The molecule has 1 heteroatoms. The molecule has 0 spiro atoms. The predicted molar refractivity (Wildman–Crippen MR) is 77.4 cm³/mol. The fourth-order valence-corrected chi connectivity index (χ4v) is 5.40. The Kier molecular flexibility index (Phi) is 3.94. The second-order valence-electron chi connectivity index (χ2n) is 6.40. The number of alkyl halides is 1. The van der Waals surface area contributed by atoms with Crippen molar-refractivity contribution in [2.24, 2.45) is 23.7 Å². The molecule has 0 aromatic rings. The third-order valence-electron chi connectivity index (χ3n) is 5.53. The summed E-state index contributed by atoms with van der Waals surface area (Å²) in [6, 6.07) is 0. The lowest BCUT2D eigenvalue weighted by Gasteiger charge is -2.37. The number of allylic oxidation sites excluding steroid dienone is 2. The van der Waals surface area contributed by atoms with Gasteiger partial charge in [0, 0.05) is 5.33 Å². The van der Waals surface area contributed by atoms with Gasteiger partial charge in [-0.25, -0.2) is 0 Å². The van der Waals surface area contributed by atoms with Gasteiger partial charge in [-0.05, 0) is 55.8 Å². The normalized spacial score (nSPS) is 42.1. The van der Waals surface area contributed by atoms with Crippen molar-refractivity contribution in [3.8, 4) is 0 Å². The molecule has 0 saturated heterocycles. The summed E-state index contributed by atoms with van der Waals surface area (Å²) < 4.78 is 0. The van der Waals surface area contributed by atoms with Gasteiger partial charge in [-0.3, -0.25) is 0 Å². The third kappa shape index (κ3) is 2.37. The Morgan fingerprint density at radius 1 is 0.941 bits per heavy atom. The number of rotatable bonds is 2. The maximum atomic E-state index is 3.76. The van der Waals surface area contributed by atoms with Crippen LogP contribution in [0.1, 0.15) is 57.8 Å². The molecule has 0 aromatic heterocycles. The molecule has 0 radical (unpaired) electrons. The molecule has 96 valence electrons. The van der Waals surface area contributed by atoms with Crippen LogP contribution in [-0.2, 0) is 0 Å². The van der Waals surface area contributed by atoms with E-state index in [0.717, 1.165) is 23.7 Å². The summed E-state index contributed by atoms with van der Waals surface area (Å²) in [7, 11) is 0. The van der Waals surface area contributed by atoms with E-state index in [1.807, 2.05) is 5.57 Å². The van der Waals surface area contributed by atoms with E-state index in [9.17, 15) is 0 Å². The number of halogens is 1. The highest BCUT2D eigenvalue weighted by Gasteiger charge is 2.38. The molecular formula is C16H25Br. The lowest BCUT2D eigenvalue weighted by molar-refractivity contribution is 0.236. The van der Waals surface area contributed by atoms with Gasteiger partial charge >= 0.3 is 0 Å². The van der Waals surface area contributed by atoms with Gasteiger partial charge in [0.2, 0.25) is 0 Å². The van der Waals surface area contributed by atoms with Crippen molar-refractivity contribution >= 4 is 15.9 Å². The van der Waals surface area contributed by atoms with E-state index in [1.165, 1.54) is 63.1 Å². The van der Waals surface area contributed by atoms with Crippen LogP contribution in [0.25, 0.3) is 0 Å². The fraction of sp³-hybridized carbons (Fsp3) is 0.875. The highest BCUT2D eigenvalue weighted by atomic mass is 79.9. The molecule has 0 amide bonds. The Morgan fingerprint density at radius 3 is 2.47 bits per heavy atom. The summed E-state index contributed by atoms with van der Waals surface area (Å²) in [5, 5.41) is 1.23. The molecular weight excluding hydrogens is 272 g/mol. The molecule has 0 nitrogen and oxygen atoms in total. The van der Waals surface area contributed by atoms with Gasteiger partial charge in [0.05, 0.1) is 0 Å². The average molecular weight is 297 g/mol. The van der Waals surface area contributed by atoms with Crippen molar-refractivity contribution < 1.29 is 0 Å². The Labute approximate surface area is 114 Å². The van der Waals surface area contributed by atoms with Crippen LogP contribution in [-0.4, -0.2) is 5.33 Å². The smallest absolute Gasteiger partial charge is 0.00653 e. The van der Waals surface area contributed by atoms with E-state index in [0.29, 0.717) is 0 Å². The molecule has 0 aliphatic heterocycles. The minimum Gasteiger partial charge on any atom is -0.0925 e. The Balaban J connectivity index is 1.74. The topological polar surface area (TPSA) is 0 Å². The van der Waals surface area contributed by atoms with Crippen LogP contribution in [0.5, 0.6) is 0 Å². The second kappa shape index (κ2) is 5.47. The summed E-state index contributed by atoms with van der Waals surface area (Å²) >= 11 is 3.76. The van der Waals surface area contributed by atoms with Crippen molar-refractivity contribution in [1.82, 2.24) is 0 Å². The molecule has 0 aromatic carbocycles. The highest BCUT2D eigenvalue weighted by molar-refractivity contribution is 9.09. The van der Waals surface area contributed by atoms with Crippen LogP contribution < -0.4 is 0 Å². The van der Waals surface area contributed by atoms with Crippen molar-refractivity contribution in [2.75, 3.05) is 5.33 Å². The molecule has 3 aliphatic rings. The SMILES string of the molecule is BrCC1CCCCC1C1=CCC2CCCCC12. The zero-order chi connectivity index (χ0) is 11.7. The molecule has 0 heterocycles. The zero-order valence-electron chi connectivity index (χ0n) is 10.8. The lowest BCUT2D eigenvalue weighted by Crippen LogP contribution is -2.27. The molecule has 0 N–H and O–H groups in total. The molecule has 4 unspecified atom stereocenters. The average Bonchev–Trinajstić information content (AvgIpc) is 2.82. The van der Waals surface area contributed by atoms with Gasteiger partial charge in [-0.1, -0.05) is 53.3 Å². The number of hydrogen-bond acceptors (Lipinski definition) is 0. The Bertz CT molecular complexity index is 294. The van der Waals surface area contributed by atoms with Gasteiger partial charge in [-0.2, -0.15) is 0 Å². The first-order valence-electron chi connectivity index (χ1n) is 7.66. The summed E-state index contributed by atoms with van der Waals surface area (Å²) in [5.74, 6) is 3.91. The monoisotopic (exact) mass is 296 g/mol. The molecule has 4 atom stereocenters. The van der Waals surface area contributed by atoms with E-state index >= 15 is 0 Å². The summed E-state index contributed by atoms with van der Waals surface area (Å²) in [4.78, 5) is 0. The van der Waals surface area contributed by atoms with Crippen molar-refractivity contribution in [2.45, 2.75) is 57.8 Å². The van der Waals surface area contributed by atoms with Crippen LogP contribution >= 0.6 is 15.9 Å². The highest BCUT2D eigenvalue weighted by Crippen LogP contribution is 2.49. The Morgan fingerprint density at radius 2 is 1.65 bits per heavy atom. The number of hydrogen-bond donors (Lipinski definition) is 0. The molecule has 3 rings (SSSR count). The molecule has 2 saturated carbocycles. The van der Waals surface area contributed by atoms with Crippen LogP contribution in [0.3, 0.4) is 0 Å². The van der Waals surface area contributed by atoms with E-state index in [2.05, 4.69) is 22.0 Å². The maximum absolute atomic E-state index is 3.76. The van der Waals surface area contributed by atoms with Crippen LogP contribution in [0, 0.1) is 23.7 Å². The van der Waals surface area contributed by atoms with Gasteiger partial charge < -0.3 is 0 Å². The Hall–Kier alpha value is 0.220. The maximum Gasteiger partial charge on any atom is 0.00653 e. The lowest BCUT2D eigenvalue weighted by atomic mass is 9.69. The van der Waals surface area contributed by atoms with E-state index in [4.69, 9.17) is 0 Å².